The van der Waals surface area contributed by atoms with Crippen LogP contribution in [0.1, 0.15) is 19.3 Å². The Kier molecular flexibility index (Phi) is 2.41. The molecule has 0 bridgehead atoms. The van der Waals surface area contributed by atoms with E-state index in [-0.39, 0.29) is 24.0 Å². The van der Waals surface area contributed by atoms with Gasteiger partial charge >= 0.3 is 6.09 Å². The third-order valence-electron chi connectivity index (χ3n) is 4.58. The van der Waals surface area contributed by atoms with E-state index in [0.717, 1.165) is 5.69 Å². The Morgan fingerprint density at radius 3 is 2.75 bits per heavy atom. The van der Waals surface area contributed by atoms with Crippen molar-refractivity contribution in [1.82, 2.24) is 0 Å². The van der Waals surface area contributed by atoms with Crippen LogP contribution in [0.25, 0.3) is 0 Å². The molecule has 0 aromatic heterocycles. The van der Waals surface area contributed by atoms with Gasteiger partial charge in [0.1, 0.15) is 11.9 Å². The van der Waals surface area contributed by atoms with Crippen LogP contribution in [0.15, 0.2) is 30.3 Å². The van der Waals surface area contributed by atoms with Crippen LogP contribution < -0.4 is 4.90 Å². The lowest BCUT2D eigenvalue weighted by Gasteiger charge is -2.38. The van der Waals surface area contributed by atoms with Gasteiger partial charge in [0.15, 0.2) is 5.60 Å². The number of rotatable bonds is 1. The van der Waals surface area contributed by atoms with Crippen LogP contribution in [0, 0.1) is 0 Å². The van der Waals surface area contributed by atoms with Crippen LogP contribution in [-0.2, 0) is 14.3 Å². The molecule has 0 radical (unpaired) electrons. The van der Waals surface area contributed by atoms with Gasteiger partial charge in [-0.05, 0) is 12.1 Å². The zero-order valence-electron chi connectivity index (χ0n) is 11.0. The first-order valence-corrected chi connectivity index (χ1v) is 6.91. The van der Waals surface area contributed by atoms with Crippen molar-refractivity contribution in [3.8, 4) is 0 Å². The minimum absolute atomic E-state index is 0.136. The molecule has 1 amide bonds. The highest BCUT2D eigenvalue weighted by atomic mass is 16.6. The average Bonchev–Trinajstić information content (AvgIpc) is 2.95. The van der Waals surface area contributed by atoms with E-state index in [1.807, 2.05) is 30.3 Å². The van der Waals surface area contributed by atoms with Gasteiger partial charge in [-0.25, -0.2) is 4.79 Å². The Morgan fingerprint density at radius 1 is 1.15 bits per heavy atom. The van der Waals surface area contributed by atoms with Gasteiger partial charge in [-0.3, -0.25) is 9.69 Å². The number of carbonyl (C=O) groups excluding carboxylic acids is 2. The number of para-hydroxylation sites is 1. The molecular formula is C15H15NO4. The molecule has 104 valence electrons. The molecule has 0 unspecified atom stereocenters. The standard InChI is InChI=1S/C15H15NO4/c17-11-8-12-15(6-7-19-13(15)9-11)20-14(18)16(12)10-4-2-1-3-5-10/h1-5,12-13H,6-9H2/t12-,13-,15-/m1/s1. The molecular weight excluding hydrogens is 258 g/mol. The third-order valence-corrected chi connectivity index (χ3v) is 4.58. The second-order valence-corrected chi connectivity index (χ2v) is 5.60. The molecule has 2 heterocycles. The normalized spacial score (nSPS) is 35.7. The molecule has 1 aromatic rings. The summed E-state index contributed by atoms with van der Waals surface area (Å²) in [5.41, 5.74) is 0.139. The van der Waals surface area contributed by atoms with Crippen molar-refractivity contribution in [2.24, 2.45) is 0 Å². The molecule has 3 atom stereocenters. The fourth-order valence-corrected chi connectivity index (χ4v) is 3.66. The summed E-state index contributed by atoms with van der Waals surface area (Å²) in [5.74, 6) is 0.136. The van der Waals surface area contributed by atoms with Gasteiger partial charge in [0.2, 0.25) is 0 Å². The van der Waals surface area contributed by atoms with Crippen molar-refractivity contribution in [1.29, 1.82) is 0 Å². The lowest BCUT2D eigenvalue weighted by Crippen LogP contribution is -2.56. The SMILES string of the molecule is O=C1C[C@H]2OCC[C@]23OC(=O)N(c2ccccc2)[C@@H]3C1. The molecule has 1 aliphatic carbocycles. The van der Waals surface area contributed by atoms with Gasteiger partial charge in [-0.1, -0.05) is 18.2 Å². The fraction of sp³-hybridized carbons (Fsp3) is 0.467. The topological polar surface area (TPSA) is 55.8 Å². The molecule has 1 aromatic carbocycles. The first-order valence-electron chi connectivity index (χ1n) is 6.91. The monoisotopic (exact) mass is 273 g/mol. The van der Waals surface area contributed by atoms with Gasteiger partial charge in [-0.2, -0.15) is 0 Å². The second-order valence-electron chi connectivity index (χ2n) is 5.60. The number of anilines is 1. The zero-order chi connectivity index (χ0) is 13.7. The minimum Gasteiger partial charge on any atom is -0.437 e. The molecule has 4 rings (SSSR count). The molecule has 3 aliphatic rings. The summed E-state index contributed by atoms with van der Waals surface area (Å²) >= 11 is 0. The second kappa shape index (κ2) is 4.06. The summed E-state index contributed by atoms with van der Waals surface area (Å²) < 4.78 is 11.3. The van der Waals surface area contributed by atoms with Crippen LogP contribution >= 0.6 is 0 Å². The highest BCUT2D eigenvalue weighted by molar-refractivity contribution is 5.94. The smallest absolute Gasteiger partial charge is 0.415 e. The Balaban J connectivity index is 1.78. The van der Waals surface area contributed by atoms with Crippen LogP contribution in [0.2, 0.25) is 0 Å². The van der Waals surface area contributed by atoms with E-state index in [1.165, 1.54) is 0 Å². The van der Waals surface area contributed by atoms with Gasteiger partial charge in [0.25, 0.3) is 0 Å². The number of ether oxygens (including phenoxy) is 2. The van der Waals surface area contributed by atoms with E-state index in [0.29, 0.717) is 25.9 Å². The number of hydrogen-bond donors (Lipinski definition) is 0. The van der Waals surface area contributed by atoms with E-state index in [9.17, 15) is 9.59 Å². The van der Waals surface area contributed by atoms with Crippen molar-refractivity contribution in [3.05, 3.63) is 30.3 Å². The maximum atomic E-state index is 12.3. The predicted molar refractivity (Wildman–Crippen MR) is 70.5 cm³/mol. The van der Waals surface area contributed by atoms with E-state index in [4.69, 9.17) is 9.47 Å². The van der Waals surface area contributed by atoms with E-state index < -0.39 is 5.60 Å². The van der Waals surface area contributed by atoms with Crippen LogP contribution in [0.4, 0.5) is 10.5 Å². The maximum absolute atomic E-state index is 12.3. The van der Waals surface area contributed by atoms with Gasteiger partial charge < -0.3 is 9.47 Å². The van der Waals surface area contributed by atoms with E-state index >= 15 is 0 Å². The Morgan fingerprint density at radius 2 is 1.95 bits per heavy atom. The molecule has 3 fully saturated rings. The number of ketones is 1. The van der Waals surface area contributed by atoms with Gasteiger partial charge in [-0.15, -0.1) is 0 Å². The van der Waals surface area contributed by atoms with Crippen LogP contribution in [-0.4, -0.2) is 36.2 Å². The van der Waals surface area contributed by atoms with Crippen LogP contribution in [0.3, 0.4) is 0 Å². The first-order chi connectivity index (χ1) is 9.71. The Labute approximate surface area is 116 Å². The molecule has 5 nitrogen and oxygen atoms in total. The summed E-state index contributed by atoms with van der Waals surface area (Å²) in [6.45, 7) is 0.546. The maximum Gasteiger partial charge on any atom is 0.415 e. The van der Waals surface area contributed by atoms with Crippen molar-refractivity contribution in [2.45, 2.75) is 37.0 Å². The molecule has 2 aliphatic heterocycles. The molecule has 1 spiro atoms. The molecule has 20 heavy (non-hydrogen) atoms. The number of hydrogen-bond acceptors (Lipinski definition) is 4. The fourth-order valence-electron chi connectivity index (χ4n) is 3.66. The number of benzene rings is 1. The number of amides is 1. The van der Waals surface area contributed by atoms with E-state index in [2.05, 4.69) is 0 Å². The van der Waals surface area contributed by atoms with E-state index in [1.54, 1.807) is 4.90 Å². The Hall–Kier alpha value is -1.88. The average molecular weight is 273 g/mol. The first kappa shape index (κ1) is 11.9. The van der Waals surface area contributed by atoms with Crippen molar-refractivity contribution >= 4 is 17.6 Å². The highest BCUT2D eigenvalue weighted by Gasteiger charge is 2.64. The molecule has 0 N–H and O–H groups in total. The van der Waals surface area contributed by atoms with Gasteiger partial charge in [0, 0.05) is 24.9 Å². The number of carbonyl (C=O) groups is 2. The lowest BCUT2D eigenvalue weighted by atomic mass is 9.77. The number of nitrogens with zero attached hydrogens (tertiary/aromatic N) is 1. The third kappa shape index (κ3) is 1.47. The van der Waals surface area contributed by atoms with Crippen molar-refractivity contribution < 1.29 is 19.1 Å². The summed E-state index contributed by atoms with van der Waals surface area (Å²) in [6.07, 6.45) is 0.718. The largest absolute Gasteiger partial charge is 0.437 e. The predicted octanol–water partition coefficient (Wildman–Crippen LogP) is 1.90. The Bertz CT molecular complexity index is 572. The minimum atomic E-state index is -0.638. The molecule has 2 saturated heterocycles. The number of Topliss-reactive ketones (excluding diaryl/α,β-unsaturated/α-hetero) is 1. The lowest BCUT2D eigenvalue weighted by molar-refractivity contribution is -0.131. The van der Waals surface area contributed by atoms with Crippen molar-refractivity contribution in [2.75, 3.05) is 11.5 Å². The summed E-state index contributed by atoms with van der Waals surface area (Å²) in [4.78, 5) is 25.9. The molecule has 1 saturated carbocycles. The zero-order valence-corrected chi connectivity index (χ0v) is 11.0. The summed E-state index contributed by atoms with van der Waals surface area (Å²) in [7, 11) is 0. The van der Waals surface area contributed by atoms with Crippen LogP contribution in [0.5, 0.6) is 0 Å². The quantitative estimate of drug-likeness (QED) is 0.784. The highest BCUT2D eigenvalue weighted by Crippen LogP contribution is 2.48. The molecule has 5 heteroatoms. The summed E-state index contributed by atoms with van der Waals surface area (Å²) in [5, 5.41) is 0. The van der Waals surface area contributed by atoms with Crippen molar-refractivity contribution in [3.63, 3.8) is 0 Å². The van der Waals surface area contributed by atoms with Gasteiger partial charge in [0.05, 0.1) is 12.6 Å². The summed E-state index contributed by atoms with van der Waals surface area (Å²) in [6, 6.07) is 9.13.